The van der Waals surface area contributed by atoms with Gasteiger partial charge in [-0.25, -0.2) is 0 Å². The molecule has 0 saturated heterocycles. The maximum atomic E-state index is 7.76. The van der Waals surface area contributed by atoms with E-state index in [0.717, 1.165) is 48.6 Å². The first kappa shape index (κ1) is 4.80. The minimum absolute atomic E-state index is 0.866. The summed E-state index contributed by atoms with van der Waals surface area (Å²) in [5.41, 5.74) is 0. The fourth-order valence-corrected chi connectivity index (χ4v) is 0.628. The van der Waals surface area contributed by atoms with E-state index in [-0.39, 0.29) is 0 Å². The van der Waals surface area contributed by atoms with Crippen molar-refractivity contribution >= 4 is 0 Å². The number of hydrogen-bond acceptors (Lipinski definition) is 0. The van der Waals surface area contributed by atoms with Gasteiger partial charge in [0.15, 0.2) is 0 Å². The highest BCUT2D eigenvalue weighted by Gasteiger charge is 1.73. The SMILES string of the molecule is [2H]C([2H])(C)/C=C\C([2H])([2H])/C=C\C([2H])([2H])/C=C\C([2H])([2H])/C=C\C([2H])([2H])C#C. The van der Waals surface area contributed by atoms with Gasteiger partial charge in [0, 0.05) is 20.1 Å². The second kappa shape index (κ2) is 13.5. The van der Waals surface area contributed by atoms with Crippen molar-refractivity contribution in [3.8, 4) is 12.3 Å². The molecule has 0 atom stereocenters. The molecule has 0 amide bonds. The smallest absolute Gasteiger partial charge is 0.0446 e. The van der Waals surface area contributed by atoms with E-state index in [9.17, 15) is 0 Å². The quantitative estimate of drug-likeness (QED) is 0.410. The summed E-state index contributed by atoms with van der Waals surface area (Å²) in [5, 5.41) is 0. The summed E-state index contributed by atoms with van der Waals surface area (Å²) in [5.74, 6) is 1.84. The van der Waals surface area contributed by atoms with E-state index in [2.05, 4.69) is 0 Å². The lowest BCUT2D eigenvalue weighted by Gasteiger charge is -1.84. The van der Waals surface area contributed by atoms with Gasteiger partial charge in [-0.2, -0.15) is 0 Å². The molecule has 0 radical (unpaired) electrons. The van der Waals surface area contributed by atoms with Crippen molar-refractivity contribution in [3.05, 3.63) is 48.6 Å². The normalized spacial score (nSPS) is 26.0. The summed E-state index contributed by atoms with van der Waals surface area (Å²) >= 11 is 0. The molecule has 0 aromatic heterocycles. The first-order valence-corrected chi connectivity index (χ1v) is 4.68. The van der Waals surface area contributed by atoms with Gasteiger partial charge in [0.25, 0.3) is 0 Å². The van der Waals surface area contributed by atoms with Crippen LogP contribution in [0.4, 0.5) is 0 Å². The lowest BCUT2D eigenvalue weighted by atomic mass is 10.2. The number of allylic oxidation sites excluding steroid dienone is 8. The van der Waals surface area contributed by atoms with E-state index in [4.69, 9.17) is 20.1 Å². The Hall–Kier alpha value is -1.48. The summed E-state index contributed by atoms with van der Waals surface area (Å²) in [6.07, 6.45) is 2.10. The van der Waals surface area contributed by atoms with Gasteiger partial charge in [-0.05, 0) is 25.5 Å². The van der Waals surface area contributed by atoms with E-state index in [1.165, 1.54) is 6.92 Å². The van der Waals surface area contributed by atoms with Crippen molar-refractivity contribution in [2.75, 3.05) is 0 Å². The maximum absolute atomic E-state index is 7.76. The van der Waals surface area contributed by atoms with E-state index in [1.54, 1.807) is 0 Å². The van der Waals surface area contributed by atoms with Crippen LogP contribution >= 0.6 is 0 Å². The Morgan fingerprint density at radius 2 is 1.31 bits per heavy atom. The molecule has 0 aromatic rings. The third kappa shape index (κ3) is 12.5. The van der Waals surface area contributed by atoms with Crippen molar-refractivity contribution in [3.63, 3.8) is 0 Å². The molecule has 0 aliphatic rings. The molecule has 0 nitrogen and oxygen atoms in total. The fourth-order valence-electron chi connectivity index (χ4n) is 0.628. The molecule has 0 bridgehead atoms. The Bertz CT molecular complexity index is 624. The van der Waals surface area contributed by atoms with E-state index < -0.39 is 31.9 Å². The first-order valence-electron chi connectivity index (χ1n) is 9.68. The van der Waals surface area contributed by atoms with Gasteiger partial charge in [-0.15, -0.1) is 12.3 Å². The zero-order chi connectivity index (χ0) is 20.9. The molecule has 0 rings (SSSR count). The largest absolute Gasteiger partial charge is 0.120 e. The Morgan fingerprint density at radius 1 is 0.875 bits per heavy atom. The van der Waals surface area contributed by atoms with Gasteiger partial charge in [-0.3, -0.25) is 0 Å². The van der Waals surface area contributed by atoms with Crippen LogP contribution in [0.25, 0.3) is 0 Å². The van der Waals surface area contributed by atoms with Gasteiger partial charge in [-0.1, -0.05) is 55.5 Å². The van der Waals surface area contributed by atoms with Crippen LogP contribution in [0.1, 0.15) is 52.5 Å². The van der Waals surface area contributed by atoms with Gasteiger partial charge >= 0.3 is 0 Å². The molecule has 0 heteroatoms. The molecule has 0 aromatic carbocycles. The molecule has 0 aliphatic carbocycles. The highest BCUT2D eigenvalue weighted by atomic mass is 13.8. The molecular weight excluding hydrogens is 192 g/mol. The molecule has 16 heavy (non-hydrogen) atoms. The molecule has 86 valence electrons. The van der Waals surface area contributed by atoms with E-state index in [1.807, 2.05) is 5.92 Å². The third-order valence-corrected chi connectivity index (χ3v) is 1.24. The van der Waals surface area contributed by atoms with E-state index in [0.29, 0.717) is 0 Å². The third-order valence-electron chi connectivity index (χ3n) is 1.24. The number of hydrogen-bond donors (Lipinski definition) is 0. The molecule has 0 unspecified atom stereocenters. The predicted octanol–water partition coefficient (Wildman–Crippen LogP) is 4.81. The van der Waals surface area contributed by atoms with Crippen LogP contribution in [0, 0.1) is 12.3 Å². The fraction of sp³-hybridized carbons (Fsp3) is 0.375. The van der Waals surface area contributed by atoms with Crippen molar-refractivity contribution < 1.29 is 13.7 Å². The van der Waals surface area contributed by atoms with Crippen molar-refractivity contribution in [2.45, 2.75) is 38.8 Å². The van der Waals surface area contributed by atoms with Crippen LogP contribution in [-0.4, -0.2) is 0 Å². The van der Waals surface area contributed by atoms with Crippen molar-refractivity contribution in [1.29, 1.82) is 0 Å². The molecule has 0 fully saturated rings. The topological polar surface area (TPSA) is 0 Å². The summed E-state index contributed by atoms with van der Waals surface area (Å²) in [6, 6.07) is 0. The monoisotopic (exact) mass is 224 g/mol. The lowest BCUT2D eigenvalue weighted by molar-refractivity contribution is 1.19. The summed E-state index contributed by atoms with van der Waals surface area (Å²) in [7, 11) is 0. The van der Waals surface area contributed by atoms with Crippen LogP contribution in [0.2, 0.25) is 0 Å². The van der Waals surface area contributed by atoms with Crippen molar-refractivity contribution in [1.82, 2.24) is 0 Å². The second-order valence-corrected chi connectivity index (χ2v) is 2.41. The van der Waals surface area contributed by atoms with Gasteiger partial charge in [0.05, 0.1) is 0 Å². The van der Waals surface area contributed by atoms with Gasteiger partial charge in [0.1, 0.15) is 0 Å². The van der Waals surface area contributed by atoms with E-state index >= 15 is 0 Å². The Labute approximate surface area is 115 Å². The zero-order valence-electron chi connectivity index (χ0n) is 19.2. The molecule has 0 heterocycles. The molecule has 0 N–H and O–H groups in total. The maximum Gasteiger partial charge on any atom is 0.0446 e. The lowest BCUT2D eigenvalue weighted by Crippen LogP contribution is -1.63. The minimum Gasteiger partial charge on any atom is -0.120 e. The summed E-state index contributed by atoms with van der Waals surface area (Å²) in [4.78, 5) is 0. The predicted molar refractivity (Wildman–Crippen MR) is 74.2 cm³/mol. The zero-order valence-corrected chi connectivity index (χ0v) is 9.20. The summed E-state index contributed by atoms with van der Waals surface area (Å²) in [6.45, 7) is 1.25. The van der Waals surface area contributed by atoms with Crippen molar-refractivity contribution in [2.24, 2.45) is 0 Å². The average molecular weight is 224 g/mol. The van der Waals surface area contributed by atoms with Gasteiger partial charge in [0.2, 0.25) is 0 Å². The average Bonchev–Trinajstić information content (AvgIpc) is 2.48. The van der Waals surface area contributed by atoms with Gasteiger partial charge < -0.3 is 0 Å². The first-order chi connectivity index (χ1) is 11.4. The van der Waals surface area contributed by atoms with Crippen LogP contribution in [0.15, 0.2) is 48.6 Å². The molecule has 0 spiro atoms. The van der Waals surface area contributed by atoms with Crippen LogP contribution < -0.4 is 0 Å². The Morgan fingerprint density at radius 3 is 1.75 bits per heavy atom. The highest BCUT2D eigenvalue weighted by molar-refractivity contribution is 5.01. The number of terminal acetylenes is 1. The second-order valence-electron chi connectivity index (χ2n) is 2.41. The number of rotatable bonds is 8. The standard InChI is InChI=1S/C16H22/c1-3-5-7-9-11-13-15-16-14-12-10-8-6-4-2/h1,6-9,12-15H,4-5,10-11,16H2,2H3/b8-6-,9-7-,14-12-,15-13-/i4D2,5D2,10D2,11D2,16D2. The minimum atomic E-state index is -2.17. The molecular formula is C16H22. The Kier molecular flexibility index (Phi) is 4.05. The molecule has 0 aliphatic heterocycles. The van der Waals surface area contributed by atoms with Crippen LogP contribution in [-0.2, 0) is 0 Å². The Balaban J connectivity index is 5.21. The van der Waals surface area contributed by atoms with Crippen LogP contribution in [0.3, 0.4) is 0 Å². The highest BCUT2D eigenvalue weighted by Crippen LogP contribution is 1.94. The van der Waals surface area contributed by atoms with Crippen LogP contribution in [0.5, 0.6) is 0 Å². The summed E-state index contributed by atoms with van der Waals surface area (Å²) < 4.78 is 75.6. The molecule has 0 saturated carbocycles.